The number of amides is 3. The predicted octanol–water partition coefficient (Wildman–Crippen LogP) is 0.910. The van der Waals surface area contributed by atoms with Crippen LogP contribution in [0, 0.1) is 12.8 Å². The van der Waals surface area contributed by atoms with Crippen molar-refractivity contribution >= 4 is 24.7 Å². The Balaban J connectivity index is 0.000000569. The Kier molecular flexibility index (Phi) is 16.2. The van der Waals surface area contributed by atoms with E-state index in [2.05, 4.69) is 42.3 Å². The van der Waals surface area contributed by atoms with Gasteiger partial charge in [0.1, 0.15) is 0 Å². The lowest BCUT2D eigenvalue weighted by molar-refractivity contribution is -0.132. The van der Waals surface area contributed by atoms with Crippen molar-refractivity contribution in [2.75, 3.05) is 26.2 Å². The molecule has 0 bridgehead atoms. The molecule has 174 valence electrons. The molecule has 0 aromatic heterocycles. The zero-order valence-corrected chi connectivity index (χ0v) is 18.5. The Morgan fingerprint density at radius 3 is 2.29 bits per heavy atom. The summed E-state index contributed by atoms with van der Waals surface area (Å²) in [4.78, 5) is 42.5. The fraction of sp³-hybridized carbons (Fsp3) is 0.545. The number of carbonyl (C=O) groups excluding carboxylic acids is 3. The van der Waals surface area contributed by atoms with Crippen LogP contribution < -0.4 is 16.4 Å². The molecule has 5 N–H and O–H groups in total. The van der Waals surface area contributed by atoms with Gasteiger partial charge in [-0.05, 0) is 38.6 Å². The van der Waals surface area contributed by atoms with Gasteiger partial charge in [-0.25, -0.2) is 0 Å². The lowest BCUT2D eigenvalue weighted by Gasteiger charge is -2.17. The van der Waals surface area contributed by atoms with Gasteiger partial charge in [0.05, 0.1) is 12.6 Å². The number of hydrogen-bond donors (Lipinski definition) is 4. The lowest BCUT2D eigenvalue weighted by atomic mass is 10.1. The third kappa shape index (κ3) is 13.1. The fourth-order valence-electron chi connectivity index (χ4n) is 3.23. The van der Waals surface area contributed by atoms with Crippen LogP contribution in [0.1, 0.15) is 38.2 Å². The molecule has 1 aromatic carbocycles. The van der Waals surface area contributed by atoms with Gasteiger partial charge in [-0.2, -0.15) is 0 Å². The molecule has 2 saturated heterocycles. The molecule has 1 aromatic rings. The summed E-state index contributed by atoms with van der Waals surface area (Å²) in [5, 5.41) is 12.8. The molecule has 0 aliphatic carbocycles. The molecule has 0 spiro atoms. The van der Waals surface area contributed by atoms with E-state index < -0.39 is 0 Å². The minimum absolute atomic E-state index is 0.0351. The molecule has 9 heteroatoms. The highest BCUT2D eigenvalue weighted by Crippen LogP contribution is 2.18. The van der Waals surface area contributed by atoms with E-state index in [-0.39, 0.29) is 37.3 Å². The molecule has 2 aliphatic rings. The average molecular weight is 437 g/mol. The molecule has 3 rings (SSSR count). The molecule has 0 radical (unpaired) electrons. The third-order valence-electron chi connectivity index (χ3n) is 4.95. The van der Waals surface area contributed by atoms with Crippen molar-refractivity contribution < 1.29 is 24.3 Å². The van der Waals surface area contributed by atoms with Crippen molar-refractivity contribution in [1.29, 1.82) is 0 Å². The first kappa shape index (κ1) is 28.1. The molecule has 3 amide bonds. The molecule has 9 nitrogen and oxygen atoms in total. The first-order valence-electron chi connectivity index (χ1n) is 10.5. The summed E-state index contributed by atoms with van der Waals surface area (Å²) in [7, 11) is 0. The van der Waals surface area contributed by atoms with E-state index in [9.17, 15) is 9.59 Å². The number of primary amides is 1. The number of aryl methyl sites for hydroxylation is 1. The second kappa shape index (κ2) is 17.9. The zero-order chi connectivity index (χ0) is 23.5. The van der Waals surface area contributed by atoms with Crippen LogP contribution in [0.3, 0.4) is 0 Å². The maximum Gasteiger partial charge on any atom is 0.290 e. The van der Waals surface area contributed by atoms with Crippen LogP contribution in [0.5, 0.6) is 0 Å². The number of likely N-dealkylation sites (tertiary alicyclic amines) is 1. The number of hydrogen-bond acceptors (Lipinski definition) is 5. The van der Waals surface area contributed by atoms with Gasteiger partial charge in [0.25, 0.3) is 6.47 Å². The summed E-state index contributed by atoms with van der Waals surface area (Å²) < 4.78 is 0. The summed E-state index contributed by atoms with van der Waals surface area (Å²) >= 11 is 0. The average Bonchev–Trinajstić information content (AvgIpc) is 3.46. The number of nitrogens with two attached hydrogens (primary N) is 1. The summed E-state index contributed by atoms with van der Waals surface area (Å²) in [6.45, 7) is 6.73. The van der Waals surface area contributed by atoms with E-state index in [1.54, 1.807) is 0 Å². The number of carboxylic acid groups (broad SMARTS) is 1. The van der Waals surface area contributed by atoms with Gasteiger partial charge in [0, 0.05) is 13.1 Å². The van der Waals surface area contributed by atoms with E-state index in [4.69, 9.17) is 14.7 Å². The quantitative estimate of drug-likeness (QED) is 0.517. The molecule has 2 unspecified atom stereocenters. The first-order valence-corrected chi connectivity index (χ1v) is 10.5. The highest BCUT2D eigenvalue weighted by Gasteiger charge is 2.26. The molecule has 2 heterocycles. The number of nitrogens with one attached hydrogen (secondary N) is 2. The van der Waals surface area contributed by atoms with Gasteiger partial charge in [0.2, 0.25) is 18.2 Å². The maximum atomic E-state index is 11.9. The molecular formula is C22H36N4O5. The van der Waals surface area contributed by atoms with Crippen molar-refractivity contribution in [3.8, 4) is 0 Å². The van der Waals surface area contributed by atoms with Crippen LogP contribution >= 0.6 is 0 Å². The number of rotatable bonds is 4. The van der Waals surface area contributed by atoms with Crippen LogP contribution in [0.4, 0.5) is 0 Å². The lowest BCUT2D eigenvalue weighted by Crippen LogP contribution is -2.45. The molecule has 31 heavy (non-hydrogen) atoms. The zero-order valence-electron chi connectivity index (χ0n) is 18.5. The highest BCUT2D eigenvalue weighted by atomic mass is 16.3. The van der Waals surface area contributed by atoms with Gasteiger partial charge in [0.15, 0.2) is 0 Å². The maximum absolute atomic E-state index is 11.9. The molecule has 2 aliphatic heterocycles. The normalized spacial score (nSPS) is 18.7. The van der Waals surface area contributed by atoms with E-state index in [1.807, 2.05) is 23.1 Å². The number of nitrogens with zero attached hydrogens (tertiary/aromatic N) is 1. The van der Waals surface area contributed by atoms with Crippen LogP contribution in [-0.2, 0) is 19.2 Å². The van der Waals surface area contributed by atoms with Crippen molar-refractivity contribution in [2.45, 2.75) is 45.6 Å². The van der Waals surface area contributed by atoms with E-state index in [0.29, 0.717) is 5.92 Å². The van der Waals surface area contributed by atoms with Crippen LogP contribution in [0.15, 0.2) is 30.3 Å². The number of carbonyl (C=O) groups is 4. The highest BCUT2D eigenvalue weighted by molar-refractivity contribution is 5.87. The van der Waals surface area contributed by atoms with Gasteiger partial charge in [-0.3, -0.25) is 19.2 Å². The molecule has 2 atom stereocenters. The van der Waals surface area contributed by atoms with Crippen LogP contribution in [0.25, 0.3) is 0 Å². The monoisotopic (exact) mass is 436 g/mol. The first-order chi connectivity index (χ1) is 14.9. The molecular weight excluding hydrogens is 400 g/mol. The van der Waals surface area contributed by atoms with E-state index in [0.717, 1.165) is 45.3 Å². The van der Waals surface area contributed by atoms with Crippen molar-refractivity contribution in [2.24, 2.45) is 11.7 Å². The van der Waals surface area contributed by atoms with Crippen LogP contribution in [0.2, 0.25) is 0 Å². The minimum atomic E-state index is -0.250. The fourth-order valence-corrected chi connectivity index (χ4v) is 3.23. The Labute approximate surface area is 184 Å². The Hall–Kier alpha value is -2.94. The van der Waals surface area contributed by atoms with Crippen LogP contribution in [-0.4, -0.2) is 66.9 Å². The molecule has 2 fully saturated rings. The third-order valence-corrected chi connectivity index (χ3v) is 4.95. The van der Waals surface area contributed by atoms with Gasteiger partial charge >= 0.3 is 0 Å². The summed E-state index contributed by atoms with van der Waals surface area (Å²) in [6, 6.07) is 10.2. The topological polar surface area (TPSA) is 142 Å². The van der Waals surface area contributed by atoms with Gasteiger partial charge < -0.3 is 26.4 Å². The van der Waals surface area contributed by atoms with Crippen molar-refractivity contribution in [3.63, 3.8) is 0 Å². The standard InChI is InChI=1S/C13H23N3O2.C7H8.CH3NO.CH2O2/c1-2-10-5-7-16(9-10)12(17)8-15-13(18)11-4-3-6-14-11;1-7-5-3-2-4-6-7;2*2-1-3/h10-11,14H,2-9H2,1H3,(H,15,18);2-6H,1H3;1H,(H2,2,3);1H,(H,2,3). The van der Waals surface area contributed by atoms with E-state index in [1.165, 1.54) is 5.56 Å². The Bertz CT molecular complexity index is 630. The Morgan fingerprint density at radius 2 is 1.87 bits per heavy atom. The number of benzene rings is 1. The second-order valence-corrected chi connectivity index (χ2v) is 7.17. The molecule has 0 saturated carbocycles. The van der Waals surface area contributed by atoms with Gasteiger partial charge in [-0.15, -0.1) is 0 Å². The summed E-state index contributed by atoms with van der Waals surface area (Å²) in [6.07, 6.45) is 4.39. The smallest absolute Gasteiger partial charge is 0.290 e. The second-order valence-electron chi connectivity index (χ2n) is 7.17. The van der Waals surface area contributed by atoms with Crippen molar-refractivity contribution in [3.05, 3.63) is 35.9 Å². The largest absolute Gasteiger partial charge is 0.483 e. The SMILES string of the molecule is CCC1CCN(C(=O)CNC(=O)C2CCCN2)C1.Cc1ccccc1.NC=O.O=CO. The summed E-state index contributed by atoms with van der Waals surface area (Å²) in [5.41, 5.74) is 5.49. The summed E-state index contributed by atoms with van der Waals surface area (Å²) in [5.74, 6) is 0.658. The Morgan fingerprint density at radius 1 is 1.26 bits per heavy atom. The minimum Gasteiger partial charge on any atom is -0.483 e. The van der Waals surface area contributed by atoms with Gasteiger partial charge in [-0.1, -0.05) is 49.2 Å². The van der Waals surface area contributed by atoms with Crippen molar-refractivity contribution in [1.82, 2.24) is 15.5 Å². The van der Waals surface area contributed by atoms with E-state index >= 15 is 0 Å². The predicted molar refractivity (Wildman–Crippen MR) is 119 cm³/mol.